The van der Waals surface area contributed by atoms with E-state index in [2.05, 4.69) is 16.0 Å². The van der Waals surface area contributed by atoms with Gasteiger partial charge in [-0.05, 0) is 44.2 Å². The lowest BCUT2D eigenvalue weighted by Crippen LogP contribution is -2.57. The van der Waals surface area contributed by atoms with Crippen molar-refractivity contribution < 1.29 is 39.3 Å². The first-order valence-corrected chi connectivity index (χ1v) is 11.4. The van der Waals surface area contributed by atoms with Crippen LogP contribution in [-0.2, 0) is 24.0 Å². The van der Waals surface area contributed by atoms with Gasteiger partial charge in [-0.3, -0.25) is 19.2 Å². The lowest BCUT2D eigenvalue weighted by atomic mass is 10.1. The number of nitrogens with one attached hydrogen (secondary N) is 3. The van der Waals surface area contributed by atoms with E-state index < -0.39 is 66.9 Å². The van der Waals surface area contributed by atoms with Crippen molar-refractivity contribution in [3.63, 3.8) is 0 Å². The van der Waals surface area contributed by atoms with Gasteiger partial charge >= 0.3 is 11.9 Å². The zero-order valence-corrected chi connectivity index (χ0v) is 18.7. The fraction of sp³-hybridized carbons (Fsp3) is 0.722. The Bertz CT molecular complexity index is 651. The van der Waals surface area contributed by atoms with Crippen molar-refractivity contribution in [2.24, 2.45) is 11.5 Å². The first kappa shape index (κ1) is 29.6. The normalized spacial score (nSPS) is 14.5. The highest BCUT2D eigenvalue weighted by molar-refractivity contribution is 7.98. The maximum absolute atomic E-state index is 12.8. The highest BCUT2D eigenvalue weighted by Crippen LogP contribution is 2.06. The molecule has 0 aliphatic rings. The number of aliphatic carboxylic acids is 2. The number of thioether (sulfide) groups is 1. The standard InChI is InChI=1S/C18H33N5O8S/c1-32-7-5-12(17(29)23-13(18(30)31)8-14(25)26)22-16(28)11(4-2-3-6-19)21-15(27)10(20)9-24/h10-13,24H,2-9,19-20H2,1H3,(H,21,27)(H,22,28)(H,23,29)(H,25,26)(H,30,31). The van der Waals surface area contributed by atoms with Crippen LogP contribution in [0.25, 0.3) is 0 Å². The Morgan fingerprint density at radius 3 is 1.88 bits per heavy atom. The molecule has 0 saturated carbocycles. The molecule has 13 nitrogen and oxygen atoms in total. The third-order valence-corrected chi connectivity index (χ3v) is 4.99. The zero-order valence-electron chi connectivity index (χ0n) is 17.9. The molecule has 0 aromatic rings. The topological polar surface area (TPSA) is 234 Å². The number of rotatable bonds is 17. The minimum Gasteiger partial charge on any atom is -0.481 e. The highest BCUT2D eigenvalue weighted by atomic mass is 32.2. The number of nitrogens with two attached hydrogens (primary N) is 2. The Labute approximate surface area is 190 Å². The molecule has 0 aromatic carbocycles. The van der Waals surface area contributed by atoms with Gasteiger partial charge in [0.15, 0.2) is 0 Å². The van der Waals surface area contributed by atoms with Gasteiger partial charge in [0, 0.05) is 0 Å². The zero-order chi connectivity index (χ0) is 24.7. The van der Waals surface area contributed by atoms with Crippen molar-refractivity contribution in [2.45, 2.75) is 56.3 Å². The lowest BCUT2D eigenvalue weighted by Gasteiger charge is -2.25. The van der Waals surface area contributed by atoms with Crippen LogP contribution in [0.2, 0.25) is 0 Å². The van der Waals surface area contributed by atoms with E-state index in [-0.39, 0.29) is 12.8 Å². The molecule has 0 heterocycles. The van der Waals surface area contributed by atoms with Crippen LogP contribution in [0, 0.1) is 0 Å². The predicted molar refractivity (Wildman–Crippen MR) is 117 cm³/mol. The summed E-state index contributed by atoms with van der Waals surface area (Å²) in [5, 5.41) is 34.0. The van der Waals surface area contributed by atoms with Crippen LogP contribution in [0.4, 0.5) is 0 Å². The Hall–Kier alpha value is -2.42. The Balaban J connectivity index is 5.41. The summed E-state index contributed by atoms with van der Waals surface area (Å²) < 4.78 is 0. The van der Waals surface area contributed by atoms with E-state index in [1.54, 1.807) is 6.26 Å². The van der Waals surface area contributed by atoms with Crippen LogP contribution in [0.15, 0.2) is 0 Å². The Morgan fingerprint density at radius 2 is 1.41 bits per heavy atom. The van der Waals surface area contributed by atoms with Gasteiger partial charge in [-0.25, -0.2) is 4.79 Å². The fourth-order valence-electron chi connectivity index (χ4n) is 2.55. The number of aliphatic hydroxyl groups excluding tert-OH is 1. The molecule has 0 aliphatic heterocycles. The van der Waals surface area contributed by atoms with Crippen molar-refractivity contribution >= 4 is 41.4 Å². The van der Waals surface area contributed by atoms with E-state index in [0.717, 1.165) is 0 Å². The second kappa shape index (κ2) is 16.2. The van der Waals surface area contributed by atoms with Gasteiger partial charge in [-0.15, -0.1) is 0 Å². The summed E-state index contributed by atoms with van der Waals surface area (Å²) in [6.45, 7) is -0.251. The van der Waals surface area contributed by atoms with Gasteiger partial charge in [-0.2, -0.15) is 11.8 Å². The van der Waals surface area contributed by atoms with Crippen molar-refractivity contribution in [1.82, 2.24) is 16.0 Å². The number of carboxylic acids is 2. The van der Waals surface area contributed by atoms with Gasteiger partial charge in [0.1, 0.15) is 24.2 Å². The molecule has 184 valence electrons. The van der Waals surface area contributed by atoms with Crippen LogP contribution < -0.4 is 27.4 Å². The predicted octanol–water partition coefficient (Wildman–Crippen LogP) is -2.80. The number of amides is 3. The second-order valence-corrected chi connectivity index (χ2v) is 7.96. The smallest absolute Gasteiger partial charge is 0.326 e. The van der Waals surface area contributed by atoms with E-state index in [4.69, 9.17) is 26.8 Å². The average Bonchev–Trinajstić information content (AvgIpc) is 2.73. The van der Waals surface area contributed by atoms with Crippen molar-refractivity contribution in [3.8, 4) is 0 Å². The van der Waals surface area contributed by atoms with Crippen molar-refractivity contribution in [3.05, 3.63) is 0 Å². The number of carbonyl (C=O) groups is 5. The molecule has 0 spiro atoms. The molecule has 3 amide bonds. The molecular weight excluding hydrogens is 446 g/mol. The van der Waals surface area contributed by atoms with E-state index in [9.17, 15) is 24.0 Å². The molecule has 0 rings (SSSR count). The Kier molecular flexibility index (Phi) is 15.0. The number of carboxylic acid groups (broad SMARTS) is 2. The summed E-state index contributed by atoms with van der Waals surface area (Å²) in [7, 11) is 0. The summed E-state index contributed by atoms with van der Waals surface area (Å²) in [5.41, 5.74) is 10.9. The van der Waals surface area contributed by atoms with Gasteiger partial charge in [0.25, 0.3) is 0 Å². The number of aliphatic hydroxyl groups is 1. The minimum atomic E-state index is -1.67. The third-order valence-electron chi connectivity index (χ3n) is 4.35. The van der Waals surface area contributed by atoms with Crippen molar-refractivity contribution in [2.75, 3.05) is 25.2 Å². The van der Waals surface area contributed by atoms with Crippen LogP contribution in [0.1, 0.15) is 32.1 Å². The van der Waals surface area contributed by atoms with Crippen LogP contribution in [-0.4, -0.2) is 94.3 Å². The van der Waals surface area contributed by atoms with Crippen LogP contribution in [0.3, 0.4) is 0 Å². The largest absolute Gasteiger partial charge is 0.481 e. The third kappa shape index (κ3) is 11.8. The van der Waals surface area contributed by atoms with E-state index >= 15 is 0 Å². The van der Waals surface area contributed by atoms with Crippen molar-refractivity contribution in [1.29, 1.82) is 0 Å². The maximum atomic E-state index is 12.8. The molecule has 0 radical (unpaired) electrons. The number of hydrogen-bond donors (Lipinski definition) is 8. The van der Waals surface area contributed by atoms with Crippen LogP contribution >= 0.6 is 11.8 Å². The molecule has 14 heteroatoms. The first-order chi connectivity index (χ1) is 15.1. The maximum Gasteiger partial charge on any atom is 0.326 e. The summed E-state index contributed by atoms with van der Waals surface area (Å²) >= 11 is 1.38. The van der Waals surface area contributed by atoms with Gasteiger partial charge in [0.2, 0.25) is 17.7 Å². The molecular formula is C18H33N5O8S. The molecule has 0 fully saturated rings. The SMILES string of the molecule is CSCCC(NC(=O)C(CCCCN)NC(=O)C(N)CO)C(=O)NC(CC(=O)O)C(=O)O. The summed E-state index contributed by atoms with van der Waals surface area (Å²) in [6, 6.07) is -5.13. The molecule has 10 N–H and O–H groups in total. The molecule has 0 bridgehead atoms. The number of hydrogen-bond acceptors (Lipinski definition) is 9. The second-order valence-electron chi connectivity index (χ2n) is 6.97. The molecule has 4 unspecified atom stereocenters. The van der Waals surface area contributed by atoms with Gasteiger partial charge in [-0.1, -0.05) is 0 Å². The van der Waals surface area contributed by atoms with Gasteiger partial charge < -0.3 is 42.7 Å². The monoisotopic (exact) mass is 479 g/mol. The molecule has 0 aromatic heterocycles. The molecule has 0 saturated heterocycles. The van der Waals surface area contributed by atoms with E-state index in [1.165, 1.54) is 11.8 Å². The number of unbranched alkanes of at least 4 members (excludes halogenated alkanes) is 1. The molecule has 32 heavy (non-hydrogen) atoms. The quantitative estimate of drug-likeness (QED) is 0.0992. The lowest BCUT2D eigenvalue weighted by molar-refractivity contribution is -0.147. The Morgan fingerprint density at radius 1 is 0.875 bits per heavy atom. The molecule has 4 atom stereocenters. The summed E-state index contributed by atoms with van der Waals surface area (Å²) in [6.07, 6.45) is 2.34. The average molecular weight is 480 g/mol. The van der Waals surface area contributed by atoms with E-state index in [1.807, 2.05) is 0 Å². The molecule has 0 aliphatic carbocycles. The summed E-state index contributed by atoms with van der Waals surface area (Å²) in [5.74, 6) is -4.81. The first-order valence-electron chi connectivity index (χ1n) is 9.98. The highest BCUT2D eigenvalue weighted by Gasteiger charge is 2.30. The van der Waals surface area contributed by atoms with Crippen LogP contribution in [0.5, 0.6) is 0 Å². The van der Waals surface area contributed by atoms with E-state index in [0.29, 0.717) is 25.1 Å². The minimum absolute atomic E-state index is 0.137. The number of carbonyl (C=O) groups excluding carboxylic acids is 3. The summed E-state index contributed by atoms with van der Waals surface area (Å²) in [4.78, 5) is 59.5. The van der Waals surface area contributed by atoms with Gasteiger partial charge in [0.05, 0.1) is 13.0 Å². The fourth-order valence-corrected chi connectivity index (χ4v) is 3.02.